The summed E-state index contributed by atoms with van der Waals surface area (Å²) in [6.45, 7) is 1.92. The van der Waals surface area contributed by atoms with Crippen LogP contribution in [0.15, 0.2) is 54.6 Å². The van der Waals surface area contributed by atoms with Gasteiger partial charge >= 0.3 is 0 Å². The first kappa shape index (κ1) is 13.3. The van der Waals surface area contributed by atoms with Gasteiger partial charge in [-0.05, 0) is 42.0 Å². The maximum Gasteiger partial charge on any atom is 0.0546 e. The average Bonchev–Trinajstić information content (AvgIpc) is 2.47. The van der Waals surface area contributed by atoms with Crippen molar-refractivity contribution in [2.24, 2.45) is 5.92 Å². The fourth-order valence-electron chi connectivity index (χ4n) is 2.73. The summed E-state index contributed by atoms with van der Waals surface area (Å²) in [5.74, 6) is 0.661. The van der Waals surface area contributed by atoms with E-state index >= 15 is 0 Å². The van der Waals surface area contributed by atoms with Gasteiger partial charge in [0.1, 0.15) is 0 Å². The van der Waals surface area contributed by atoms with Gasteiger partial charge in [-0.2, -0.15) is 0 Å². The predicted molar refractivity (Wildman–Crippen MR) is 82.3 cm³/mol. The summed E-state index contributed by atoms with van der Waals surface area (Å²) in [6.07, 6.45) is 1.87. The average molecular weight is 267 g/mol. The van der Waals surface area contributed by atoms with E-state index < -0.39 is 0 Å². The highest BCUT2D eigenvalue weighted by Crippen LogP contribution is 2.26. The van der Waals surface area contributed by atoms with Crippen LogP contribution in [0, 0.1) is 5.92 Å². The lowest BCUT2D eigenvalue weighted by Crippen LogP contribution is -2.35. The molecule has 1 aliphatic rings. The van der Waals surface area contributed by atoms with Gasteiger partial charge in [-0.25, -0.2) is 0 Å². The number of rotatable bonds is 5. The summed E-state index contributed by atoms with van der Waals surface area (Å²) < 4.78 is 0. The van der Waals surface area contributed by atoms with Crippen LogP contribution in [0.5, 0.6) is 0 Å². The highest BCUT2D eigenvalue weighted by Gasteiger charge is 2.26. The van der Waals surface area contributed by atoms with Gasteiger partial charge in [0.2, 0.25) is 0 Å². The van der Waals surface area contributed by atoms with Gasteiger partial charge in [0.25, 0.3) is 0 Å². The molecule has 104 valence electrons. The fraction of sp³-hybridized carbons (Fsp3) is 0.333. The molecular weight excluding hydrogens is 246 g/mol. The van der Waals surface area contributed by atoms with Crippen molar-refractivity contribution in [3.63, 3.8) is 0 Å². The Morgan fingerprint density at radius 3 is 2.20 bits per heavy atom. The maximum atomic E-state index is 9.25. The third-order valence-corrected chi connectivity index (χ3v) is 4.03. The summed E-state index contributed by atoms with van der Waals surface area (Å²) in [5.41, 5.74) is 3.83. The first-order valence-corrected chi connectivity index (χ1v) is 7.34. The van der Waals surface area contributed by atoms with Crippen LogP contribution in [-0.4, -0.2) is 17.8 Å². The number of hydrogen-bond donors (Lipinski definition) is 2. The smallest absolute Gasteiger partial charge is 0.0546 e. The molecule has 2 heteroatoms. The van der Waals surface area contributed by atoms with E-state index in [9.17, 15) is 5.11 Å². The molecule has 0 unspecified atom stereocenters. The second-order valence-corrected chi connectivity index (χ2v) is 5.69. The Hall–Kier alpha value is -1.64. The van der Waals surface area contributed by atoms with E-state index in [-0.39, 0.29) is 6.10 Å². The molecule has 0 aromatic heterocycles. The van der Waals surface area contributed by atoms with E-state index in [2.05, 4.69) is 53.8 Å². The number of hydrogen-bond acceptors (Lipinski definition) is 2. The topological polar surface area (TPSA) is 32.3 Å². The zero-order valence-corrected chi connectivity index (χ0v) is 11.6. The van der Waals surface area contributed by atoms with Crippen molar-refractivity contribution in [1.82, 2.24) is 5.32 Å². The van der Waals surface area contributed by atoms with Crippen LogP contribution < -0.4 is 5.32 Å². The molecule has 0 aliphatic heterocycles. The Balaban J connectivity index is 1.51. The molecule has 0 saturated heterocycles. The minimum absolute atomic E-state index is 0.0491. The number of nitrogens with one attached hydrogen (secondary N) is 1. The Morgan fingerprint density at radius 1 is 0.900 bits per heavy atom. The molecule has 2 aromatic carbocycles. The maximum absolute atomic E-state index is 9.25. The quantitative estimate of drug-likeness (QED) is 0.872. The standard InChI is InChI=1S/C18H21NO/c20-18-10-15(11-18)13-19-12-14-6-8-17(9-7-14)16-4-2-1-3-5-16/h1-9,15,18-20H,10-13H2. The van der Waals surface area contributed by atoms with Gasteiger partial charge < -0.3 is 10.4 Å². The molecule has 2 nitrogen and oxygen atoms in total. The number of aliphatic hydroxyl groups excluding tert-OH is 1. The molecule has 0 bridgehead atoms. The van der Waals surface area contributed by atoms with E-state index in [1.54, 1.807) is 0 Å². The van der Waals surface area contributed by atoms with E-state index in [1.807, 2.05) is 6.07 Å². The largest absolute Gasteiger partial charge is 0.393 e. The van der Waals surface area contributed by atoms with Crippen LogP contribution in [-0.2, 0) is 6.54 Å². The van der Waals surface area contributed by atoms with Crippen LogP contribution in [0.4, 0.5) is 0 Å². The van der Waals surface area contributed by atoms with E-state index in [0.29, 0.717) is 5.92 Å². The molecule has 1 fully saturated rings. The lowest BCUT2D eigenvalue weighted by Gasteiger charge is -2.31. The number of aliphatic hydroxyl groups is 1. The highest BCUT2D eigenvalue weighted by atomic mass is 16.3. The summed E-state index contributed by atoms with van der Waals surface area (Å²) in [6, 6.07) is 19.2. The molecule has 1 saturated carbocycles. The third kappa shape index (κ3) is 3.27. The van der Waals surface area contributed by atoms with Crippen molar-refractivity contribution in [2.45, 2.75) is 25.5 Å². The molecule has 1 aliphatic carbocycles. The molecule has 0 radical (unpaired) electrons. The van der Waals surface area contributed by atoms with Crippen molar-refractivity contribution in [3.05, 3.63) is 60.2 Å². The van der Waals surface area contributed by atoms with Crippen LogP contribution in [0.25, 0.3) is 11.1 Å². The van der Waals surface area contributed by atoms with E-state index in [1.165, 1.54) is 16.7 Å². The zero-order valence-electron chi connectivity index (χ0n) is 11.6. The lowest BCUT2D eigenvalue weighted by atomic mass is 9.82. The molecule has 0 atom stereocenters. The van der Waals surface area contributed by atoms with Crippen molar-refractivity contribution < 1.29 is 5.11 Å². The van der Waals surface area contributed by atoms with Crippen LogP contribution in [0.2, 0.25) is 0 Å². The Kier molecular flexibility index (Phi) is 4.14. The van der Waals surface area contributed by atoms with Crippen molar-refractivity contribution in [1.29, 1.82) is 0 Å². The summed E-state index contributed by atoms with van der Waals surface area (Å²) in [4.78, 5) is 0. The second-order valence-electron chi connectivity index (χ2n) is 5.69. The van der Waals surface area contributed by atoms with Crippen molar-refractivity contribution >= 4 is 0 Å². The summed E-state index contributed by atoms with van der Waals surface area (Å²) in [5, 5.41) is 12.7. The van der Waals surface area contributed by atoms with Gasteiger partial charge in [0, 0.05) is 6.54 Å². The minimum Gasteiger partial charge on any atom is -0.393 e. The zero-order chi connectivity index (χ0) is 13.8. The molecular formula is C18H21NO. The van der Waals surface area contributed by atoms with Crippen molar-refractivity contribution in [2.75, 3.05) is 6.54 Å². The third-order valence-electron chi connectivity index (χ3n) is 4.03. The SMILES string of the molecule is OC1CC(CNCc2ccc(-c3ccccc3)cc2)C1. The molecule has 2 aromatic rings. The molecule has 0 heterocycles. The first-order chi connectivity index (χ1) is 9.81. The molecule has 20 heavy (non-hydrogen) atoms. The summed E-state index contributed by atoms with van der Waals surface area (Å²) >= 11 is 0. The molecule has 3 rings (SSSR count). The van der Waals surface area contributed by atoms with Gasteiger partial charge in [0.05, 0.1) is 6.10 Å². The molecule has 2 N–H and O–H groups in total. The van der Waals surface area contributed by atoms with Crippen LogP contribution >= 0.6 is 0 Å². The van der Waals surface area contributed by atoms with Gasteiger partial charge in [0.15, 0.2) is 0 Å². The van der Waals surface area contributed by atoms with Gasteiger partial charge in [-0.1, -0.05) is 54.6 Å². The number of benzene rings is 2. The van der Waals surface area contributed by atoms with Gasteiger partial charge in [-0.15, -0.1) is 0 Å². The van der Waals surface area contributed by atoms with Gasteiger partial charge in [-0.3, -0.25) is 0 Å². The monoisotopic (exact) mass is 267 g/mol. The normalized spacial score (nSPS) is 21.4. The summed E-state index contributed by atoms with van der Waals surface area (Å²) in [7, 11) is 0. The first-order valence-electron chi connectivity index (χ1n) is 7.34. The van der Waals surface area contributed by atoms with Crippen molar-refractivity contribution in [3.8, 4) is 11.1 Å². The second kappa shape index (κ2) is 6.21. The Morgan fingerprint density at radius 2 is 1.55 bits per heavy atom. The van der Waals surface area contributed by atoms with Crippen LogP contribution in [0.1, 0.15) is 18.4 Å². The Labute approximate surface area is 120 Å². The van der Waals surface area contributed by atoms with E-state index in [0.717, 1.165) is 25.9 Å². The molecule has 0 amide bonds. The predicted octanol–water partition coefficient (Wildman–Crippen LogP) is 3.21. The Bertz CT molecular complexity index is 529. The molecule has 0 spiro atoms. The fourth-order valence-corrected chi connectivity index (χ4v) is 2.73. The minimum atomic E-state index is -0.0491. The lowest BCUT2D eigenvalue weighted by molar-refractivity contribution is 0.0430. The van der Waals surface area contributed by atoms with Crippen LogP contribution in [0.3, 0.4) is 0 Å². The van der Waals surface area contributed by atoms with E-state index in [4.69, 9.17) is 0 Å². The highest BCUT2D eigenvalue weighted by molar-refractivity contribution is 5.63.